The average Bonchev–Trinajstić information content (AvgIpc) is 2.79. The normalized spacial score (nSPS) is 10.8. The number of amides is 2. The standard InChI is InChI=1S/C24H35N5O2/c1-7-18(8-2)22(30)25-15-17-11-13-19(14-12-17)21-20(23(31)29(9-3)10-4)16-26-24(27-21)28(5)6/h11-14,16,18H,7-10,15H2,1-6H3,(H,25,30). The minimum Gasteiger partial charge on any atom is -0.352 e. The van der Waals surface area contributed by atoms with Gasteiger partial charge in [0.05, 0.1) is 11.3 Å². The Morgan fingerprint density at radius 2 is 1.61 bits per heavy atom. The number of carbonyl (C=O) groups is 2. The monoisotopic (exact) mass is 425 g/mol. The Labute approximate surface area is 185 Å². The van der Waals surface area contributed by atoms with Crippen LogP contribution in [0.1, 0.15) is 56.5 Å². The van der Waals surface area contributed by atoms with E-state index in [-0.39, 0.29) is 17.7 Å². The van der Waals surface area contributed by atoms with Crippen LogP contribution in [-0.2, 0) is 11.3 Å². The van der Waals surface area contributed by atoms with Crippen LogP contribution in [-0.4, -0.2) is 53.9 Å². The molecule has 2 aromatic rings. The Balaban J connectivity index is 2.31. The molecule has 0 bridgehead atoms. The number of aromatic nitrogens is 2. The third kappa shape index (κ3) is 6.03. The van der Waals surface area contributed by atoms with Crippen LogP contribution in [0.15, 0.2) is 30.5 Å². The third-order valence-corrected chi connectivity index (χ3v) is 5.51. The minimum atomic E-state index is -0.0770. The molecule has 0 aliphatic heterocycles. The van der Waals surface area contributed by atoms with Gasteiger partial charge >= 0.3 is 0 Å². The molecular weight excluding hydrogens is 390 g/mol. The summed E-state index contributed by atoms with van der Waals surface area (Å²) in [5.41, 5.74) is 2.95. The van der Waals surface area contributed by atoms with Gasteiger partial charge in [-0.2, -0.15) is 0 Å². The summed E-state index contributed by atoms with van der Waals surface area (Å²) in [5.74, 6) is 0.616. The average molecular weight is 426 g/mol. The van der Waals surface area contributed by atoms with Crippen molar-refractivity contribution in [3.63, 3.8) is 0 Å². The number of rotatable bonds is 10. The molecular formula is C24H35N5O2. The predicted octanol–water partition coefficient (Wildman–Crippen LogP) is 3.74. The van der Waals surface area contributed by atoms with E-state index in [2.05, 4.69) is 15.3 Å². The number of nitrogens with zero attached hydrogens (tertiary/aromatic N) is 4. The van der Waals surface area contributed by atoms with Crippen LogP contribution in [0.3, 0.4) is 0 Å². The topological polar surface area (TPSA) is 78.4 Å². The predicted molar refractivity (Wildman–Crippen MR) is 125 cm³/mol. The first kappa shape index (κ1) is 24.3. The molecule has 0 unspecified atom stereocenters. The molecule has 0 saturated heterocycles. The van der Waals surface area contributed by atoms with E-state index in [0.29, 0.717) is 36.8 Å². The first-order chi connectivity index (χ1) is 14.9. The molecule has 31 heavy (non-hydrogen) atoms. The van der Waals surface area contributed by atoms with Crippen LogP contribution in [0, 0.1) is 5.92 Å². The van der Waals surface area contributed by atoms with E-state index in [1.54, 1.807) is 11.1 Å². The highest BCUT2D eigenvalue weighted by Crippen LogP contribution is 2.25. The van der Waals surface area contributed by atoms with Gasteiger partial charge in [-0.25, -0.2) is 9.97 Å². The SMILES string of the molecule is CCC(CC)C(=O)NCc1ccc(-c2nc(N(C)C)ncc2C(=O)N(CC)CC)cc1. The third-order valence-electron chi connectivity index (χ3n) is 5.51. The van der Waals surface area contributed by atoms with E-state index in [1.165, 1.54) is 0 Å². The summed E-state index contributed by atoms with van der Waals surface area (Å²) >= 11 is 0. The summed E-state index contributed by atoms with van der Waals surface area (Å²) in [6.07, 6.45) is 3.29. The Hall–Kier alpha value is -2.96. The zero-order valence-electron chi connectivity index (χ0n) is 19.6. The number of benzene rings is 1. The molecule has 2 amide bonds. The summed E-state index contributed by atoms with van der Waals surface area (Å²) in [4.78, 5) is 37.9. The van der Waals surface area contributed by atoms with Crippen LogP contribution < -0.4 is 10.2 Å². The van der Waals surface area contributed by atoms with Crippen molar-refractivity contribution in [2.45, 2.75) is 47.1 Å². The summed E-state index contributed by atoms with van der Waals surface area (Å²) in [6, 6.07) is 7.82. The van der Waals surface area contributed by atoms with Crippen LogP contribution in [0.4, 0.5) is 5.95 Å². The Morgan fingerprint density at radius 3 is 2.13 bits per heavy atom. The maximum atomic E-state index is 13.0. The molecule has 0 atom stereocenters. The van der Waals surface area contributed by atoms with Gasteiger partial charge < -0.3 is 15.1 Å². The van der Waals surface area contributed by atoms with Crippen LogP contribution in [0.5, 0.6) is 0 Å². The van der Waals surface area contributed by atoms with E-state index >= 15 is 0 Å². The number of hydrogen-bond acceptors (Lipinski definition) is 5. The summed E-state index contributed by atoms with van der Waals surface area (Å²) in [5, 5.41) is 3.01. The van der Waals surface area contributed by atoms with Gasteiger partial charge in [0.25, 0.3) is 5.91 Å². The number of carbonyl (C=O) groups excluding carboxylic acids is 2. The highest BCUT2D eigenvalue weighted by Gasteiger charge is 2.21. The number of hydrogen-bond donors (Lipinski definition) is 1. The lowest BCUT2D eigenvalue weighted by atomic mass is 10.0. The van der Waals surface area contributed by atoms with Gasteiger partial charge in [0.1, 0.15) is 0 Å². The van der Waals surface area contributed by atoms with Crippen LogP contribution >= 0.6 is 0 Å². The maximum absolute atomic E-state index is 13.0. The molecule has 2 rings (SSSR count). The van der Waals surface area contributed by atoms with Crippen molar-refractivity contribution in [2.24, 2.45) is 5.92 Å². The second-order valence-electron chi connectivity index (χ2n) is 7.73. The molecule has 1 heterocycles. The molecule has 0 aliphatic rings. The fourth-order valence-corrected chi connectivity index (χ4v) is 3.42. The molecule has 7 nitrogen and oxygen atoms in total. The Bertz CT molecular complexity index is 872. The van der Waals surface area contributed by atoms with E-state index in [0.717, 1.165) is 24.0 Å². The van der Waals surface area contributed by atoms with Crippen molar-refractivity contribution >= 4 is 17.8 Å². The minimum absolute atomic E-state index is 0.0541. The fraction of sp³-hybridized carbons (Fsp3) is 0.500. The molecule has 0 aliphatic carbocycles. The van der Waals surface area contributed by atoms with Crippen molar-refractivity contribution in [1.29, 1.82) is 0 Å². The first-order valence-electron chi connectivity index (χ1n) is 11.1. The van der Waals surface area contributed by atoms with Crippen LogP contribution in [0.2, 0.25) is 0 Å². The van der Waals surface area contributed by atoms with Gasteiger partial charge in [0.2, 0.25) is 11.9 Å². The van der Waals surface area contributed by atoms with Gasteiger partial charge in [-0.05, 0) is 32.3 Å². The van der Waals surface area contributed by atoms with Gasteiger partial charge in [-0.15, -0.1) is 0 Å². The van der Waals surface area contributed by atoms with Crippen molar-refractivity contribution in [1.82, 2.24) is 20.2 Å². The second kappa shape index (κ2) is 11.4. The van der Waals surface area contributed by atoms with Crippen molar-refractivity contribution in [3.05, 3.63) is 41.6 Å². The lowest BCUT2D eigenvalue weighted by Crippen LogP contribution is -2.31. The molecule has 1 aromatic heterocycles. The van der Waals surface area contributed by atoms with Gasteiger partial charge in [0.15, 0.2) is 0 Å². The smallest absolute Gasteiger partial charge is 0.257 e. The van der Waals surface area contributed by atoms with E-state index < -0.39 is 0 Å². The highest BCUT2D eigenvalue weighted by molar-refractivity contribution is 5.99. The van der Waals surface area contributed by atoms with E-state index in [4.69, 9.17) is 0 Å². The van der Waals surface area contributed by atoms with Crippen molar-refractivity contribution in [3.8, 4) is 11.3 Å². The second-order valence-corrected chi connectivity index (χ2v) is 7.73. The molecule has 0 fully saturated rings. The zero-order valence-corrected chi connectivity index (χ0v) is 19.6. The van der Waals surface area contributed by atoms with Crippen LogP contribution in [0.25, 0.3) is 11.3 Å². The van der Waals surface area contributed by atoms with Gasteiger partial charge in [0, 0.05) is 51.4 Å². The molecule has 1 aromatic carbocycles. The molecule has 7 heteroatoms. The van der Waals surface area contributed by atoms with Gasteiger partial charge in [-0.3, -0.25) is 9.59 Å². The molecule has 0 saturated carbocycles. The molecule has 0 radical (unpaired) electrons. The van der Waals surface area contributed by atoms with Gasteiger partial charge in [-0.1, -0.05) is 38.1 Å². The Kier molecular flexibility index (Phi) is 8.97. The highest BCUT2D eigenvalue weighted by atomic mass is 16.2. The van der Waals surface area contributed by atoms with E-state index in [9.17, 15) is 9.59 Å². The fourth-order valence-electron chi connectivity index (χ4n) is 3.42. The molecule has 0 spiro atoms. The summed E-state index contributed by atoms with van der Waals surface area (Å²) < 4.78 is 0. The maximum Gasteiger partial charge on any atom is 0.257 e. The quantitative estimate of drug-likeness (QED) is 0.627. The summed E-state index contributed by atoms with van der Waals surface area (Å²) in [6.45, 7) is 9.71. The molecule has 168 valence electrons. The number of nitrogens with one attached hydrogen (secondary N) is 1. The van der Waals surface area contributed by atoms with Crippen molar-refractivity contribution < 1.29 is 9.59 Å². The Morgan fingerprint density at radius 1 is 1.00 bits per heavy atom. The summed E-state index contributed by atoms with van der Waals surface area (Å²) in [7, 11) is 3.74. The largest absolute Gasteiger partial charge is 0.352 e. The van der Waals surface area contributed by atoms with Crippen molar-refractivity contribution in [2.75, 3.05) is 32.1 Å². The molecule has 1 N–H and O–H groups in total. The zero-order chi connectivity index (χ0) is 23.0. The first-order valence-corrected chi connectivity index (χ1v) is 11.1. The lowest BCUT2D eigenvalue weighted by molar-refractivity contribution is -0.125. The number of anilines is 1. The lowest BCUT2D eigenvalue weighted by Gasteiger charge is -2.21. The van der Waals surface area contributed by atoms with E-state index in [1.807, 2.05) is 71.0 Å².